The Labute approximate surface area is 120 Å². The van der Waals surface area contributed by atoms with E-state index in [0.717, 1.165) is 16.5 Å². The molecule has 1 fully saturated rings. The Bertz CT molecular complexity index is 492. The van der Waals surface area contributed by atoms with Gasteiger partial charge >= 0.3 is 5.97 Å². The summed E-state index contributed by atoms with van der Waals surface area (Å²) in [6.45, 7) is 2.52. The van der Waals surface area contributed by atoms with E-state index >= 15 is 0 Å². The summed E-state index contributed by atoms with van der Waals surface area (Å²) < 4.78 is 0. The van der Waals surface area contributed by atoms with Gasteiger partial charge in [-0.3, -0.25) is 9.79 Å². The molecule has 2 heterocycles. The third-order valence-electron chi connectivity index (χ3n) is 2.73. The van der Waals surface area contributed by atoms with Crippen LogP contribution in [0.1, 0.15) is 18.5 Å². The summed E-state index contributed by atoms with van der Waals surface area (Å²) >= 11 is 7.35. The van der Waals surface area contributed by atoms with Crippen molar-refractivity contribution in [2.24, 2.45) is 4.99 Å². The summed E-state index contributed by atoms with van der Waals surface area (Å²) in [5.74, 6) is -0.0895. The first kappa shape index (κ1) is 14.1. The third-order valence-corrected chi connectivity index (χ3v) is 4.05. The molecular formula is C12H14ClN3O2S. The van der Waals surface area contributed by atoms with Gasteiger partial charge in [0.05, 0.1) is 6.04 Å². The van der Waals surface area contributed by atoms with Gasteiger partial charge in [0.15, 0.2) is 5.17 Å². The first-order valence-electron chi connectivity index (χ1n) is 5.89. The van der Waals surface area contributed by atoms with Gasteiger partial charge in [-0.25, -0.2) is 4.98 Å². The highest BCUT2D eigenvalue weighted by Gasteiger charge is 2.32. The minimum absolute atomic E-state index is 0.0174. The van der Waals surface area contributed by atoms with Crippen LogP contribution < -0.4 is 0 Å². The Morgan fingerprint density at radius 1 is 1.68 bits per heavy atom. The van der Waals surface area contributed by atoms with Crippen molar-refractivity contribution in [3.63, 3.8) is 0 Å². The fraction of sp³-hybridized carbons (Fsp3) is 0.417. The fourth-order valence-electron chi connectivity index (χ4n) is 1.92. The molecule has 0 radical (unpaired) electrons. The average Bonchev–Trinajstić information content (AvgIpc) is 2.73. The number of hydrogen-bond donors (Lipinski definition) is 1. The molecule has 1 unspecified atom stereocenters. The Kier molecular flexibility index (Phi) is 4.66. The van der Waals surface area contributed by atoms with Gasteiger partial charge in [0, 0.05) is 18.5 Å². The van der Waals surface area contributed by atoms with Crippen LogP contribution in [0.4, 0.5) is 0 Å². The summed E-state index contributed by atoms with van der Waals surface area (Å²) in [5.41, 5.74) is 0.958. The normalized spacial score (nSPS) is 21.1. The molecule has 0 saturated carbocycles. The van der Waals surface area contributed by atoms with E-state index < -0.39 is 5.97 Å². The number of nitrogens with zero attached hydrogens (tertiary/aromatic N) is 3. The van der Waals surface area contributed by atoms with Crippen LogP contribution in [0.15, 0.2) is 23.3 Å². The van der Waals surface area contributed by atoms with Gasteiger partial charge in [-0.15, -0.1) is 0 Å². The summed E-state index contributed by atoms with van der Waals surface area (Å²) in [7, 11) is 0. The molecule has 1 aromatic rings. The highest BCUT2D eigenvalue weighted by molar-refractivity contribution is 8.14. The molecular weight excluding hydrogens is 286 g/mol. The van der Waals surface area contributed by atoms with Crippen molar-refractivity contribution in [2.75, 3.05) is 18.8 Å². The number of rotatable bonds is 4. The molecule has 1 atom stereocenters. The number of carbonyl (C=O) groups is 1. The van der Waals surface area contributed by atoms with Gasteiger partial charge in [0.2, 0.25) is 0 Å². The second-order valence-corrected chi connectivity index (χ2v) is 5.39. The van der Waals surface area contributed by atoms with Gasteiger partial charge in [-0.1, -0.05) is 29.4 Å². The molecule has 1 saturated heterocycles. The predicted octanol–water partition coefficient (Wildman–Crippen LogP) is 2.29. The Morgan fingerprint density at radius 2 is 2.47 bits per heavy atom. The van der Waals surface area contributed by atoms with Crippen LogP contribution in [-0.4, -0.2) is 45.0 Å². The zero-order chi connectivity index (χ0) is 13.8. The van der Waals surface area contributed by atoms with Crippen molar-refractivity contribution < 1.29 is 9.90 Å². The monoisotopic (exact) mass is 299 g/mol. The standard InChI is InChI=1S/C12H14ClN3O2S/c1-2-14-12-16(6-11(17)18)9(7-19-12)8-3-4-10(13)15-5-8/h3-5,9H,2,6-7H2,1H3,(H,17,18)/b14-12-. The van der Waals surface area contributed by atoms with Crippen molar-refractivity contribution in [3.05, 3.63) is 29.0 Å². The van der Waals surface area contributed by atoms with E-state index in [4.69, 9.17) is 16.7 Å². The molecule has 1 N–H and O–H groups in total. The Balaban J connectivity index is 2.26. The number of carboxylic acids is 1. The molecule has 0 bridgehead atoms. The SMILES string of the molecule is CC/N=C1\SCC(c2ccc(Cl)nc2)N1CC(=O)O. The number of thioether (sulfide) groups is 1. The summed E-state index contributed by atoms with van der Waals surface area (Å²) in [6.07, 6.45) is 1.69. The second-order valence-electron chi connectivity index (χ2n) is 4.02. The lowest BCUT2D eigenvalue weighted by Gasteiger charge is -2.24. The van der Waals surface area contributed by atoms with E-state index in [1.165, 1.54) is 0 Å². The Morgan fingerprint density at radius 3 is 3.05 bits per heavy atom. The van der Waals surface area contributed by atoms with Gasteiger partial charge in [0.1, 0.15) is 11.7 Å². The lowest BCUT2D eigenvalue weighted by atomic mass is 10.1. The number of amidine groups is 1. The van der Waals surface area contributed by atoms with Gasteiger partial charge < -0.3 is 10.0 Å². The van der Waals surface area contributed by atoms with Gasteiger partial charge in [-0.05, 0) is 18.6 Å². The molecule has 0 aliphatic carbocycles. The minimum atomic E-state index is -0.863. The maximum Gasteiger partial charge on any atom is 0.323 e. The number of pyridine rings is 1. The van der Waals surface area contributed by atoms with Crippen LogP contribution >= 0.6 is 23.4 Å². The van der Waals surface area contributed by atoms with Gasteiger partial charge in [0.25, 0.3) is 0 Å². The van der Waals surface area contributed by atoms with Crippen LogP contribution in [-0.2, 0) is 4.79 Å². The van der Waals surface area contributed by atoms with Crippen LogP contribution in [0.5, 0.6) is 0 Å². The predicted molar refractivity (Wildman–Crippen MR) is 76.8 cm³/mol. The average molecular weight is 300 g/mol. The highest BCUT2D eigenvalue weighted by atomic mass is 35.5. The zero-order valence-electron chi connectivity index (χ0n) is 10.4. The van der Waals surface area contributed by atoms with E-state index in [0.29, 0.717) is 11.7 Å². The van der Waals surface area contributed by atoms with E-state index in [9.17, 15) is 4.79 Å². The van der Waals surface area contributed by atoms with Crippen molar-refractivity contribution >= 4 is 34.5 Å². The number of aliphatic imine (C=N–C) groups is 1. The van der Waals surface area contributed by atoms with Crippen molar-refractivity contribution in [3.8, 4) is 0 Å². The number of halogens is 1. The molecule has 7 heteroatoms. The van der Waals surface area contributed by atoms with Crippen LogP contribution in [0.2, 0.25) is 5.15 Å². The highest BCUT2D eigenvalue weighted by Crippen LogP contribution is 2.34. The van der Waals surface area contributed by atoms with E-state index in [2.05, 4.69) is 9.98 Å². The lowest BCUT2D eigenvalue weighted by Crippen LogP contribution is -2.33. The molecule has 5 nitrogen and oxygen atoms in total. The summed E-state index contributed by atoms with van der Waals surface area (Å²) in [5, 5.41) is 10.2. The molecule has 2 rings (SSSR count). The molecule has 19 heavy (non-hydrogen) atoms. The second kappa shape index (κ2) is 6.25. The first-order chi connectivity index (χ1) is 9.11. The summed E-state index contributed by atoms with van der Waals surface area (Å²) in [6, 6.07) is 3.58. The van der Waals surface area contributed by atoms with E-state index in [1.54, 1.807) is 28.9 Å². The van der Waals surface area contributed by atoms with Crippen molar-refractivity contribution in [1.82, 2.24) is 9.88 Å². The van der Waals surface area contributed by atoms with Crippen LogP contribution in [0, 0.1) is 0 Å². The molecule has 1 aliphatic rings. The van der Waals surface area contributed by atoms with E-state index in [-0.39, 0.29) is 12.6 Å². The largest absolute Gasteiger partial charge is 0.480 e. The maximum atomic E-state index is 11.0. The molecule has 0 aromatic carbocycles. The maximum absolute atomic E-state index is 11.0. The van der Waals surface area contributed by atoms with Crippen LogP contribution in [0.3, 0.4) is 0 Å². The topological polar surface area (TPSA) is 65.8 Å². The molecule has 1 aliphatic heterocycles. The smallest absolute Gasteiger partial charge is 0.323 e. The van der Waals surface area contributed by atoms with Crippen molar-refractivity contribution in [1.29, 1.82) is 0 Å². The molecule has 1 aromatic heterocycles. The number of aliphatic carboxylic acids is 1. The molecule has 0 amide bonds. The van der Waals surface area contributed by atoms with E-state index in [1.807, 2.05) is 13.0 Å². The zero-order valence-corrected chi connectivity index (χ0v) is 12.0. The Hall–Kier alpha value is -1.27. The lowest BCUT2D eigenvalue weighted by molar-refractivity contribution is -0.137. The minimum Gasteiger partial charge on any atom is -0.480 e. The summed E-state index contributed by atoms with van der Waals surface area (Å²) in [4.78, 5) is 21.2. The number of carboxylic acid groups (broad SMARTS) is 1. The van der Waals surface area contributed by atoms with Gasteiger partial charge in [-0.2, -0.15) is 0 Å². The van der Waals surface area contributed by atoms with Crippen molar-refractivity contribution in [2.45, 2.75) is 13.0 Å². The fourth-order valence-corrected chi connectivity index (χ4v) is 3.28. The first-order valence-corrected chi connectivity index (χ1v) is 7.25. The third kappa shape index (κ3) is 3.39. The van der Waals surface area contributed by atoms with Crippen LogP contribution in [0.25, 0.3) is 0 Å². The number of aromatic nitrogens is 1. The molecule has 0 spiro atoms. The quantitative estimate of drug-likeness (QED) is 0.864. The molecule has 102 valence electrons. The number of hydrogen-bond acceptors (Lipinski definition) is 4.